The van der Waals surface area contributed by atoms with E-state index in [1.807, 2.05) is 36.9 Å². The first kappa shape index (κ1) is 20.0. The zero-order valence-corrected chi connectivity index (χ0v) is 16.1. The summed E-state index contributed by atoms with van der Waals surface area (Å²) in [6, 6.07) is 5.17. The molecule has 1 heterocycles. The average Bonchev–Trinajstić information content (AvgIpc) is 2.65. The molecule has 1 aromatic carbocycles. The zero-order valence-electron chi connectivity index (χ0n) is 16.1. The molecule has 1 aromatic rings. The third kappa shape index (κ3) is 4.66. The van der Waals surface area contributed by atoms with Crippen molar-refractivity contribution in [3.63, 3.8) is 0 Å². The number of nitrogens with zero attached hydrogens (tertiary/aromatic N) is 2. The molecule has 0 spiro atoms. The van der Waals surface area contributed by atoms with Crippen molar-refractivity contribution in [2.45, 2.75) is 32.9 Å². The van der Waals surface area contributed by atoms with Gasteiger partial charge in [-0.05, 0) is 19.9 Å². The highest BCUT2D eigenvalue weighted by molar-refractivity contribution is 5.88. The Morgan fingerprint density at radius 2 is 2.00 bits per heavy atom. The fourth-order valence-corrected chi connectivity index (χ4v) is 3.25. The Hall–Kier alpha value is -2.28. The molecule has 1 saturated heterocycles. The molecule has 0 radical (unpaired) electrons. The van der Waals surface area contributed by atoms with Gasteiger partial charge in [-0.15, -0.1) is 0 Å². The van der Waals surface area contributed by atoms with Gasteiger partial charge in [-0.25, -0.2) is 0 Å². The van der Waals surface area contributed by atoms with Crippen LogP contribution in [0.1, 0.15) is 25.8 Å². The van der Waals surface area contributed by atoms with Crippen LogP contribution >= 0.6 is 0 Å². The SMILES string of the molecule is CCN(CC)C(=O)C[C@@H]1C(=O)NCCN1Cc1ccc(OC)cc1OC. The number of benzene rings is 1. The summed E-state index contributed by atoms with van der Waals surface area (Å²) in [7, 11) is 3.22. The number of carbonyl (C=O) groups excluding carboxylic acids is 2. The molecule has 0 aliphatic carbocycles. The molecular weight excluding hydrogens is 334 g/mol. The van der Waals surface area contributed by atoms with Gasteiger partial charge in [0.2, 0.25) is 11.8 Å². The molecular formula is C19H29N3O4. The van der Waals surface area contributed by atoms with E-state index in [-0.39, 0.29) is 18.2 Å². The zero-order chi connectivity index (χ0) is 19.1. The maximum Gasteiger partial charge on any atom is 0.237 e. The number of ether oxygens (including phenoxy) is 2. The van der Waals surface area contributed by atoms with Crippen LogP contribution in [0.4, 0.5) is 0 Å². The molecule has 7 nitrogen and oxygen atoms in total. The molecule has 1 aliphatic rings. The molecule has 1 N–H and O–H groups in total. The number of piperazine rings is 1. The van der Waals surface area contributed by atoms with Crippen LogP contribution in [-0.2, 0) is 16.1 Å². The summed E-state index contributed by atoms with van der Waals surface area (Å²) in [6.07, 6.45) is 0.186. The van der Waals surface area contributed by atoms with E-state index in [2.05, 4.69) is 5.32 Å². The van der Waals surface area contributed by atoms with E-state index >= 15 is 0 Å². The van der Waals surface area contributed by atoms with Gasteiger partial charge in [0.25, 0.3) is 0 Å². The molecule has 7 heteroatoms. The summed E-state index contributed by atoms with van der Waals surface area (Å²) < 4.78 is 10.7. The number of methoxy groups -OCH3 is 2. The molecule has 0 bridgehead atoms. The quantitative estimate of drug-likeness (QED) is 0.753. The Kier molecular flexibility index (Phi) is 7.26. The van der Waals surface area contributed by atoms with Crippen LogP contribution in [0.25, 0.3) is 0 Å². The third-order valence-corrected chi connectivity index (χ3v) is 4.79. The molecule has 26 heavy (non-hydrogen) atoms. The van der Waals surface area contributed by atoms with Crippen LogP contribution in [0.5, 0.6) is 11.5 Å². The van der Waals surface area contributed by atoms with Crippen molar-refractivity contribution in [2.75, 3.05) is 40.4 Å². The Labute approximate surface area is 155 Å². The fraction of sp³-hybridized carbons (Fsp3) is 0.579. The molecule has 1 aliphatic heterocycles. The second-order valence-corrected chi connectivity index (χ2v) is 6.23. The largest absolute Gasteiger partial charge is 0.497 e. The van der Waals surface area contributed by atoms with Gasteiger partial charge >= 0.3 is 0 Å². The fourth-order valence-electron chi connectivity index (χ4n) is 3.25. The van der Waals surface area contributed by atoms with Crippen molar-refractivity contribution in [3.05, 3.63) is 23.8 Å². The van der Waals surface area contributed by atoms with E-state index < -0.39 is 6.04 Å². The van der Waals surface area contributed by atoms with Gasteiger partial charge in [0, 0.05) is 44.4 Å². The Bertz CT molecular complexity index is 631. The van der Waals surface area contributed by atoms with E-state index in [1.165, 1.54) is 0 Å². The summed E-state index contributed by atoms with van der Waals surface area (Å²) in [5, 5.41) is 2.87. The van der Waals surface area contributed by atoms with E-state index in [1.54, 1.807) is 19.1 Å². The van der Waals surface area contributed by atoms with E-state index in [9.17, 15) is 9.59 Å². The molecule has 2 amide bonds. The molecule has 0 aromatic heterocycles. The van der Waals surface area contributed by atoms with Crippen LogP contribution in [-0.4, -0.2) is 68.1 Å². The monoisotopic (exact) mass is 363 g/mol. The molecule has 2 rings (SSSR count). The van der Waals surface area contributed by atoms with Gasteiger partial charge in [0.05, 0.1) is 26.7 Å². The smallest absolute Gasteiger partial charge is 0.237 e. The number of hydrogen-bond acceptors (Lipinski definition) is 5. The van der Waals surface area contributed by atoms with Gasteiger partial charge in [-0.3, -0.25) is 14.5 Å². The maximum absolute atomic E-state index is 12.5. The Balaban J connectivity index is 2.17. The molecule has 144 valence electrons. The van der Waals surface area contributed by atoms with Crippen molar-refractivity contribution >= 4 is 11.8 Å². The van der Waals surface area contributed by atoms with Crippen molar-refractivity contribution in [3.8, 4) is 11.5 Å². The highest BCUT2D eigenvalue weighted by Crippen LogP contribution is 2.27. The van der Waals surface area contributed by atoms with E-state index in [4.69, 9.17) is 9.47 Å². The van der Waals surface area contributed by atoms with Gasteiger partial charge in [-0.2, -0.15) is 0 Å². The highest BCUT2D eigenvalue weighted by Gasteiger charge is 2.33. The van der Waals surface area contributed by atoms with Crippen molar-refractivity contribution in [1.29, 1.82) is 0 Å². The molecule has 1 atom stereocenters. The topological polar surface area (TPSA) is 71.1 Å². The van der Waals surface area contributed by atoms with Crippen LogP contribution in [0.15, 0.2) is 18.2 Å². The second-order valence-electron chi connectivity index (χ2n) is 6.23. The first-order valence-corrected chi connectivity index (χ1v) is 9.04. The lowest BCUT2D eigenvalue weighted by molar-refractivity contribution is -0.138. The maximum atomic E-state index is 12.5. The first-order valence-electron chi connectivity index (χ1n) is 9.04. The minimum Gasteiger partial charge on any atom is -0.497 e. The Morgan fingerprint density at radius 1 is 1.27 bits per heavy atom. The first-order chi connectivity index (χ1) is 12.5. The highest BCUT2D eigenvalue weighted by atomic mass is 16.5. The number of hydrogen-bond donors (Lipinski definition) is 1. The second kappa shape index (κ2) is 9.43. The number of nitrogens with one attached hydrogen (secondary N) is 1. The summed E-state index contributed by atoms with van der Waals surface area (Å²) in [6.45, 7) is 7.00. The summed E-state index contributed by atoms with van der Waals surface area (Å²) in [4.78, 5) is 28.7. The number of carbonyl (C=O) groups is 2. The summed E-state index contributed by atoms with van der Waals surface area (Å²) in [5.41, 5.74) is 0.961. The standard InChI is InChI=1S/C19H29N3O4/c1-5-21(6-2)18(23)12-16-19(24)20-9-10-22(16)13-14-7-8-15(25-3)11-17(14)26-4/h7-8,11,16H,5-6,9-10,12-13H2,1-4H3,(H,20,24)/t16-/m1/s1. The van der Waals surface area contributed by atoms with Gasteiger partial charge in [0.15, 0.2) is 0 Å². The lowest BCUT2D eigenvalue weighted by Crippen LogP contribution is -2.56. The summed E-state index contributed by atoms with van der Waals surface area (Å²) in [5.74, 6) is 1.34. The number of rotatable bonds is 8. The van der Waals surface area contributed by atoms with Crippen LogP contribution in [0.3, 0.4) is 0 Å². The summed E-state index contributed by atoms with van der Waals surface area (Å²) >= 11 is 0. The third-order valence-electron chi connectivity index (χ3n) is 4.79. The lowest BCUT2D eigenvalue weighted by Gasteiger charge is -2.35. The lowest BCUT2D eigenvalue weighted by atomic mass is 10.1. The van der Waals surface area contributed by atoms with Gasteiger partial charge in [-0.1, -0.05) is 6.07 Å². The minimum atomic E-state index is -0.469. The predicted molar refractivity (Wildman–Crippen MR) is 99.3 cm³/mol. The van der Waals surface area contributed by atoms with E-state index in [0.29, 0.717) is 38.5 Å². The number of amides is 2. The minimum absolute atomic E-state index is 0.00347. The van der Waals surface area contributed by atoms with E-state index in [0.717, 1.165) is 11.3 Å². The average molecular weight is 363 g/mol. The van der Waals surface area contributed by atoms with Crippen LogP contribution in [0.2, 0.25) is 0 Å². The van der Waals surface area contributed by atoms with Gasteiger partial charge in [0.1, 0.15) is 11.5 Å². The van der Waals surface area contributed by atoms with Crippen LogP contribution in [0, 0.1) is 0 Å². The normalized spacial score (nSPS) is 17.5. The molecule has 0 unspecified atom stereocenters. The van der Waals surface area contributed by atoms with Crippen LogP contribution < -0.4 is 14.8 Å². The van der Waals surface area contributed by atoms with Gasteiger partial charge < -0.3 is 19.7 Å². The van der Waals surface area contributed by atoms with Crippen molar-refractivity contribution in [2.24, 2.45) is 0 Å². The van der Waals surface area contributed by atoms with Crippen molar-refractivity contribution < 1.29 is 19.1 Å². The Morgan fingerprint density at radius 3 is 2.62 bits per heavy atom. The molecule has 1 fully saturated rings. The molecule has 0 saturated carbocycles. The van der Waals surface area contributed by atoms with Crippen molar-refractivity contribution in [1.82, 2.24) is 15.1 Å². The predicted octanol–water partition coefficient (Wildman–Crippen LogP) is 1.26.